The van der Waals surface area contributed by atoms with E-state index in [1.807, 2.05) is 0 Å². The predicted octanol–water partition coefficient (Wildman–Crippen LogP) is 2.48. The van der Waals surface area contributed by atoms with E-state index in [0.717, 1.165) is 42.7 Å². The molecule has 0 amide bonds. The molecule has 0 aliphatic heterocycles. The maximum Gasteiger partial charge on any atom is 0.442 e. The first kappa shape index (κ1) is 14.9. The van der Waals surface area contributed by atoms with E-state index < -0.39 is 5.76 Å². The fourth-order valence-corrected chi connectivity index (χ4v) is 2.97. The van der Waals surface area contributed by atoms with Crippen LogP contribution in [0.2, 0.25) is 0 Å². The van der Waals surface area contributed by atoms with Gasteiger partial charge in [0.1, 0.15) is 18.1 Å². The standard InChI is InChI=1S/C17H16FN3O3/c18-12-7-5-11(6-8-12)9-15-20-24-17(22)21(15)10-16-19-13-3-1-2-4-14(13)23-16/h5-8H,1-4,9-10H2. The molecule has 0 atom stereocenters. The molecule has 0 radical (unpaired) electrons. The first-order chi connectivity index (χ1) is 11.7. The zero-order valence-electron chi connectivity index (χ0n) is 13.0. The van der Waals surface area contributed by atoms with Crippen LogP contribution < -0.4 is 5.76 Å². The van der Waals surface area contributed by atoms with Crippen molar-refractivity contribution >= 4 is 0 Å². The Hall–Kier alpha value is -2.70. The fraction of sp³-hybridized carbons (Fsp3) is 0.353. The van der Waals surface area contributed by atoms with Crippen molar-refractivity contribution in [2.75, 3.05) is 0 Å². The van der Waals surface area contributed by atoms with Crippen LogP contribution in [-0.4, -0.2) is 14.7 Å². The molecule has 124 valence electrons. The summed E-state index contributed by atoms with van der Waals surface area (Å²) in [4.78, 5) is 16.4. The van der Waals surface area contributed by atoms with Crippen LogP contribution in [0.15, 0.2) is 38.0 Å². The number of nitrogens with zero attached hydrogens (tertiary/aromatic N) is 3. The largest absolute Gasteiger partial charge is 0.443 e. The van der Waals surface area contributed by atoms with Crippen LogP contribution in [0, 0.1) is 5.82 Å². The van der Waals surface area contributed by atoms with Gasteiger partial charge in [-0.25, -0.2) is 14.2 Å². The minimum Gasteiger partial charge on any atom is -0.443 e. The van der Waals surface area contributed by atoms with Crippen molar-refractivity contribution in [3.63, 3.8) is 0 Å². The molecule has 24 heavy (non-hydrogen) atoms. The van der Waals surface area contributed by atoms with Gasteiger partial charge in [0.05, 0.1) is 5.69 Å². The molecule has 2 aromatic heterocycles. The highest BCUT2D eigenvalue weighted by Crippen LogP contribution is 2.22. The van der Waals surface area contributed by atoms with Crippen LogP contribution >= 0.6 is 0 Å². The molecular formula is C17H16FN3O3. The number of aromatic nitrogens is 3. The van der Waals surface area contributed by atoms with Gasteiger partial charge in [-0.1, -0.05) is 17.3 Å². The highest BCUT2D eigenvalue weighted by molar-refractivity contribution is 5.20. The molecule has 1 aliphatic carbocycles. The van der Waals surface area contributed by atoms with Crippen LogP contribution in [0.3, 0.4) is 0 Å². The number of fused-ring (bicyclic) bond motifs is 1. The number of aryl methyl sites for hydroxylation is 2. The average Bonchev–Trinajstić information content (AvgIpc) is 3.15. The number of hydrogen-bond acceptors (Lipinski definition) is 5. The molecule has 0 saturated carbocycles. The van der Waals surface area contributed by atoms with Crippen molar-refractivity contribution in [3.05, 3.63) is 69.4 Å². The Morgan fingerprint density at radius 1 is 1.17 bits per heavy atom. The van der Waals surface area contributed by atoms with Crippen LogP contribution in [0.4, 0.5) is 4.39 Å². The molecule has 6 nitrogen and oxygen atoms in total. The van der Waals surface area contributed by atoms with Crippen molar-refractivity contribution < 1.29 is 13.3 Å². The molecule has 7 heteroatoms. The lowest BCUT2D eigenvalue weighted by atomic mass is 10.0. The summed E-state index contributed by atoms with van der Waals surface area (Å²) in [7, 11) is 0. The average molecular weight is 329 g/mol. The minimum atomic E-state index is -0.553. The number of hydrogen-bond donors (Lipinski definition) is 0. The summed E-state index contributed by atoms with van der Waals surface area (Å²) in [5.41, 5.74) is 1.82. The summed E-state index contributed by atoms with van der Waals surface area (Å²) >= 11 is 0. The predicted molar refractivity (Wildman–Crippen MR) is 82.2 cm³/mol. The van der Waals surface area contributed by atoms with Crippen molar-refractivity contribution in [3.8, 4) is 0 Å². The Morgan fingerprint density at radius 2 is 1.96 bits per heavy atom. The first-order valence-electron chi connectivity index (χ1n) is 7.96. The summed E-state index contributed by atoms with van der Waals surface area (Å²) in [6.07, 6.45) is 4.39. The van der Waals surface area contributed by atoms with Gasteiger partial charge in [0.15, 0.2) is 5.82 Å². The molecule has 0 unspecified atom stereocenters. The molecule has 0 spiro atoms. The summed E-state index contributed by atoms with van der Waals surface area (Å²) in [6.45, 7) is 0.186. The van der Waals surface area contributed by atoms with Gasteiger partial charge in [0.25, 0.3) is 0 Å². The van der Waals surface area contributed by atoms with Gasteiger partial charge in [-0.3, -0.25) is 9.09 Å². The Kier molecular flexibility index (Phi) is 3.76. The van der Waals surface area contributed by atoms with Gasteiger partial charge >= 0.3 is 5.76 Å². The van der Waals surface area contributed by atoms with Crippen LogP contribution in [-0.2, 0) is 25.8 Å². The molecule has 2 heterocycles. The van der Waals surface area contributed by atoms with Crippen molar-refractivity contribution in [1.82, 2.24) is 14.7 Å². The third-order valence-electron chi connectivity index (χ3n) is 4.22. The van der Waals surface area contributed by atoms with E-state index in [1.165, 1.54) is 16.7 Å². The molecule has 1 aliphatic rings. The van der Waals surface area contributed by atoms with Gasteiger partial charge in [0, 0.05) is 12.8 Å². The number of oxazole rings is 1. The zero-order valence-corrected chi connectivity index (χ0v) is 13.0. The number of halogens is 1. The van der Waals surface area contributed by atoms with E-state index in [9.17, 15) is 9.18 Å². The zero-order chi connectivity index (χ0) is 16.5. The Bertz CT molecular complexity index is 885. The van der Waals surface area contributed by atoms with E-state index in [-0.39, 0.29) is 12.4 Å². The second-order valence-electron chi connectivity index (χ2n) is 5.94. The van der Waals surface area contributed by atoms with E-state index in [1.54, 1.807) is 12.1 Å². The maximum absolute atomic E-state index is 13.0. The molecule has 0 fully saturated rings. The van der Waals surface area contributed by atoms with Gasteiger partial charge in [0.2, 0.25) is 5.89 Å². The number of benzene rings is 1. The first-order valence-corrected chi connectivity index (χ1v) is 7.96. The molecule has 0 saturated heterocycles. The smallest absolute Gasteiger partial charge is 0.442 e. The summed E-state index contributed by atoms with van der Waals surface area (Å²) < 4.78 is 24.9. The van der Waals surface area contributed by atoms with E-state index >= 15 is 0 Å². The number of rotatable bonds is 4. The second kappa shape index (κ2) is 6.07. The van der Waals surface area contributed by atoms with Crippen LogP contribution in [0.5, 0.6) is 0 Å². The Morgan fingerprint density at radius 3 is 2.75 bits per heavy atom. The molecule has 3 aromatic rings. The third-order valence-corrected chi connectivity index (χ3v) is 4.22. The van der Waals surface area contributed by atoms with E-state index in [2.05, 4.69) is 10.1 Å². The van der Waals surface area contributed by atoms with Gasteiger partial charge in [-0.05, 0) is 37.0 Å². The van der Waals surface area contributed by atoms with Gasteiger partial charge in [-0.2, -0.15) is 0 Å². The summed E-state index contributed by atoms with van der Waals surface area (Å²) in [6, 6.07) is 6.06. The third kappa shape index (κ3) is 2.89. The molecule has 4 rings (SSSR count). The van der Waals surface area contributed by atoms with E-state index in [4.69, 9.17) is 8.94 Å². The second-order valence-corrected chi connectivity index (χ2v) is 5.94. The van der Waals surface area contributed by atoms with Crippen molar-refractivity contribution in [2.45, 2.75) is 38.6 Å². The normalized spacial score (nSPS) is 13.9. The van der Waals surface area contributed by atoms with E-state index in [0.29, 0.717) is 18.1 Å². The quantitative estimate of drug-likeness (QED) is 0.735. The lowest BCUT2D eigenvalue weighted by Crippen LogP contribution is -2.18. The van der Waals surface area contributed by atoms with Crippen LogP contribution in [0.1, 0.15) is 41.6 Å². The summed E-state index contributed by atoms with van der Waals surface area (Å²) in [5.74, 6) is 1.01. The highest BCUT2D eigenvalue weighted by atomic mass is 19.1. The van der Waals surface area contributed by atoms with Gasteiger partial charge < -0.3 is 4.42 Å². The highest BCUT2D eigenvalue weighted by Gasteiger charge is 2.19. The summed E-state index contributed by atoms with van der Waals surface area (Å²) in [5, 5.41) is 3.82. The maximum atomic E-state index is 13.0. The lowest BCUT2D eigenvalue weighted by molar-refractivity contribution is 0.369. The monoisotopic (exact) mass is 329 g/mol. The molecule has 1 aromatic carbocycles. The SMILES string of the molecule is O=c1onc(Cc2ccc(F)cc2)n1Cc1nc2c(o1)CCCC2. The molecule has 0 N–H and O–H groups in total. The van der Waals surface area contributed by atoms with Crippen LogP contribution in [0.25, 0.3) is 0 Å². The molecule has 0 bridgehead atoms. The lowest BCUT2D eigenvalue weighted by Gasteiger charge is -2.05. The molecular weight excluding hydrogens is 313 g/mol. The fourth-order valence-electron chi connectivity index (χ4n) is 2.97. The van der Waals surface area contributed by atoms with Crippen molar-refractivity contribution in [1.29, 1.82) is 0 Å². The minimum absolute atomic E-state index is 0.186. The van der Waals surface area contributed by atoms with Gasteiger partial charge in [-0.15, -0.1) is 0 Å². The van der Waals surface area contributed by atoms with Crippen molar-refractivity contribution in [2.24, 2.45) is 0 Å². The Balaban J connectivity index is 1.59. The topological polar surface area (TPSA) is 74.1 Å². The Labute approximate surface area is 136 Å².